The Kier molecular flexibility index (Phi) is 4.02. The van der Waals surface area contributed by atoms with Crippen LogP contribution < -0.4 is 0 Å². The SMILES string of the molecule is CC1(C(=O)O)CCCN(CCc2ccccc2)C1. The summed E-state index contributed by atoms with van der Waals surface area (Å²) < 4.78 is 0. The van der Waals surface area contributed by atoms with Crippen LogP contribution in [0.5, 0.6) is 0 Å². The van der Waals surface area contributed by atoms with E-state index in [2.05, 4.69) is 17.0 Å². The van der Waals surface area contributed by atoms with Gasteiger partial charge in [-0.05, 0) is 38.3 Å². The van der Waals surface area contributed by atoms with E-state index in [1.165, 1.54) is 5.56 Å². The molecule has 3 heteroatoms. The normalized spacial score (nSPS) is 24.9. The first kappa shape index (κ1) is 13.1. The summed E-state index contributed by atoms with van der Waals surface area (Å²) in [5, 5.41) is 9.27. The number of carboxylic acids is 1. The summed E-state index contributed by atoms with van der Waals surface area (Å²) >= 11 is 0. The number of hydrogen-bond acceptors (Lipinski definition) is 2. The number of rotatable bonds is 4. The first-order chi connectivity index (χ1) is 8.60. The number of aliphatic carboxylic acids is 1. The smallest absolute Gasteiger partial charge is 0.310 e. The van der Waals surface area contributed by atoms with E-state index in [1.54, 1.807) is 0 Å². The van der Waals surface area contributed by atoms with Crippen molar-refractivity contribution in [1.29, 1.82) is 0 Å². The molecule has 18 heavy (non-hydrogen) atoms. The van der Waals surface area contributed by atoms with Gasteiger partial charge in [-0.25, -0.2) is 0 Å². The van der Waals surface area contributed by atoms with Crippen LogP contribution >= 0.6 is 0 Å². The van der Waals surface area contributed by atoms with Crippen LogP contribution in [0.2, 0.25) is 0 Å². The molecule has 1 fully saturated rings. The second-order valence-corrected chi connectivity index (χ2v) is 5.48. The van der Waals surface area contributed by atoms with Gasteiger partial charge in [-0.3, -0.25) is 4.79 Å². The number of carboxylic acid groups (broad SMARTS) is 1. The minimum atomic E-state index is -0.660. The molecule has 98 valence electrons. The molecule has 2 rings (SSSR count). The van der Waals surface area contributed by atoms with Crippen molar-refractivity contribution in [3.63, 3.8) is 0 Å². The summed E-state index contributed by atoms with van der Waals surface area (Å²) in [5.41, 5.74) is 0.759. The van der Waals surface area contributed by atoms with Crippen molar-refractivity contribution in [2.75, 3.05) is 19.6 Å². The fourth-order valence-corrected chi connectivity index (χ4v) is 2.64. The zero-order valence-electron chi connectivity index (χ0n) is 10.9. The maximum Gasteiger partial charge on any atom is 0.310 e. The van der Waals surface area contributed by atoms with E-state index in [0.717, 1.165) is 32.4 Å². The molecule has 0 saturated carbocycles. The fraction of sp³-hybridized carbons (Fsp3) is 0.533. The highest BCUT2D eigenvalue weighted by molar-refractivity contribution is 5.74. The second kappa shape index (κ2) is 5.53. The van der Waals surface area contributed by atoms with Crippen molar-refractivity contribution >= 4 is 5.97 Å². The molecule has 0 aliphatic carbocycles. The van der Waals surface area contributed by atoms with Crippen molar-refractivity contribution in [3.05, 3.63) is 35.9 Å². The van der Waals surface area contributed by atoms with E-state index < -0.39 is 11.4 Å². The van der Waals surface area contributed by atoms with Gasteiger partial charge in [0.1, 0.15) is 0 Å². The molecule has 1 aromatic carbocycles. The summed E-state index contributed by atoms with van der Waals surface area (Å²) in [7, 11) is 0. The van der Waals surface area contributed by atoms with Crippen LogP contribution in [0.4, 0.5) is 0 Å². The lowest BCUT2D eigenvalue weighted by Gasteiger charge is -2.37. The minimum Gasteiger partial charge on any atom is -0.481 e. The molecule has 1 aliphatic heterocycles. The number of piperidine rings is 1. The van der Waals surface area contributed by atoms with Gasteiger partial charge in [-0.15, -0.1) is 0 Å². The Hall–Kier alpha value is -1.35. The van der Waals surface area contributed by atoms with Gasteiger partial charge in [0.25, 0.3) is 0 Å². The van der Waals surface area contributed by atoms with Gasteiger partial charge < -0.3 is 10.0 Å². The maximum atomic E-state index is 11.3. The third-order valence-corrected chi connectivity index (χ3v) is 3.85. The van der Waals surface area contributed by atoms with Crippen LogP contribution in [-0.4, -0.2) is 35.6 Å². The number of carbonyl (C=O) groups is 1. The first-order valence-corrected chi connectivity index (χ1v) is 6.60. The second-order valence-electron chi connectivity index (χ2n) is 5.48. The van der Waals surface area contributed by atoms with Gasteiger partial charge in [-0.1, -0.05) is 30.3 Å². The molecule has 3 nitrogen and oxygen atoms in total. The predicted octanol–water partition coefficient (Wildman–Crippen LogP) is 2.42. The number of benzene rings is 1. The Morgan fingerprint density at radius 2 is 2.11 bits per heavy atom. The molecule has 1 atom stereocenters. The molecule has 1 aromatic rings. The Morgan fingerprint density at radius 3 is 2.78 bits per heavy atom. The van der Waals surface area contributed by atoms with Crippen molar-refractivity contribution in [2.45, 2.75) is 26.2 Å². The van der Waals surface area contributed by atoms with Gasteiger partial charge in [0.15, 0.2) is 0 Å². The third-order valence-electron chi connectivity index (χ3n) is 3.85. The summed E-state index contributed by atoms with van der Waals surface area (Å²) in [6.45, 7) is 4.52. The Balaban J connectivity index is 1.89. The number of hydrogen-bond donors (Lipinski definition) is 1. The van der Waals surface area contributed by atoms with Gasteiger partial charge in [0.05, 0.1) is 5.41 Å². The molecule has 1 N–H and O–H groups in total. The molecular weight excluding hydrogens is 226 g/mol. The van der Waals surface area contributed by atoms with Crippen LogP contribution in [-0.2, 0) is 11.2 Å². The van der Waals surface area contributed by atoms with Gasteiger partial charge in [0, 0.05) is 13.1 Å². The molecule has 1 unspecified atom stereocenters. The Morgan fingerprint density at radius 1 is 1.39 bits per heavy atom. The molecule has 0 amide bonds. The summed E-state index contributed by atoms with van der Waals surface area (Å²) in [6, 6.07) is 10.4. The van der Waals surface area contributed by atoms with E-state index in [1.807, 2.05) is 25.1 Å². The highest BCUT2D eigenvalue weighted by Gasteiger charge is 2.37. The molecule has 1 heterocycles. The maximum absolute atomic E-state index is 11.3. The molecule has 0 bridgehead atoms. The fourth-order valence-electron chi connectivity index (χ4n) is 2.64. The van der Waals surface area contributed by atoms with Gasteiger partial charge >= 0.3 is 5.97 Å². The Bertz CT molecular complexity index is 404. The van der Waals surface area contributed by atoms with Crippen molar-refractivity contribution in [2.24, 2.45) is 5.41 Å². The standard InChI is InChI=1S/C15H21NO2/c1-15(14(17)18)9-5-10-16(12-15)11-8-13-6-3-2-4-7-13/h2-4,6-7H,5,8-12H2,1H3,(H,17,18). The predicted molar refractivity (Wildman–Crippen MR) is 71.6 cm³/mol. The highest BCUT2D eigenvalue weighted by atomic mass is 16.4. The topological polar surface area (TPSA) is 40.5 Å². The summed E-state index contributed by atoms with van der Waals surface area (Å²) in [6.07, 6.45) is 2.78. The molecule has 1 saturated heterocycles. The van der Waals surface area contributed by atoms with Crippen molar-refractivity contribution in [1.82, 2.24) is 4.90 Å². The van der Waals surface area contributed by atoms with E-state index in [4.69, 9.17) is 0 Å². The van der Waals surface area contributed by atoms with E-state index >= 15 is 0 Å². The van der Waals surface area contributed by atoms with Crippen LogP contribution in [0.3, 0.4) is 0 Å². The monoisotopic (exact) mass is 247 g/mol. The Labute approximate surface area is 108 Å². The van der Waals surface area contributed by atoms with Gasteiger partial charge in [-0.2, -0.15) is 0 Å². The van der Waals surface area contributed by atoms with Crippen LogP contribution in [0.25, 0.3) is 0 Å². The lowest BCUT2D eigenvalue weighted by molar-refractivity contribution is -0.151. The largest absolute Gasteiger partial charge is 0.481 e. The molecular formula is C15H21NO2. The van der Waals surface area contributed by atoms with Crippen LogP contribution in [0.1, 0.15) is 25.3 Å². The van der Waals surface area contributed by atoms with Crippen LogP contribution in [0.15, 0.2) is 30.3 Å². The van der Waals surface area contributed by atoms with Crippen molar-refractivity contribution < 1.29 is 9.90 Å². The summed E-state index contributed by atoms with van der Waals surface area (Å²) in [4.78, 5) is 13.6. The number of nitrogens with zero attached hydrogens (tertiary/aromatic N) is 1. The molecule has 0 aromatic heterocycles. The summed E-state index contributed by atoms with van der Waals surface area (Å²) in [5.74, 6) is -0.660. The average Bonchev–Trinajstić information content (AvgIpc) is 2.38. The zero-order chi connectivity index (χ0) is 13.0. The van der Waals surface area contributed by atoms with Crippen LogP contribution in [0, 0.1) is 5.41 Å². The molecule has 0 radical (unpaired) electrons. The average molecular weight is 247 g/mol. The lowest BCUT2D eigenvalue weighted by Crippen LogP contribution is -2.46. The minimum absolute atomic E-state index is 0.561. The first-order valence-electron chi connectivity index (χ1n) is 6.60. The van der Waals surface area contributed by atoms with E-state index in [0.29, 0.717) is 6.54 Å². The quantitative estimate of drug-likeness (QED) is 0.888. The third kappa shape index (κ3) is 3.10. The molecule has 1 aliphatic rings. The zero-order valence-corrected chi connectivity index (χ0v) is 10.9. The molecule has 0 spiro atoms. The van der Waals surface area contributed by atoms with E-state index in [-0.39, 0.29) is 0 Å². The number of likely N-dealkylation sites (tertiary alicyclic amines) is 1. The highest BCUT2D eigenvalue weighted by Crippen LogP contribution is 2.29. The van der Waals surface area contributed by atoms with Crippen molar-refractivity contribution in [3.8, 4) is 0 Å². The lowest BCUT2D eigenvalue weighted by atomic mass is 9.82. The van der Waals surface area contributed by atoms with Gasteiger partial charge in [0.2, 0.25) is 0 Å². The van der Waals surface area contributed by atoms with E-state index in [9.17, 15) is 9.90 Å².